The molecule has 0 fully saturated rings. The summed E-state index contributed by atoms with van der Waals surface area (Å²) in [5, 5.41) is 2.50. The van der Waals surface area contributed by atoms with Gasteiger partial charge in [-0.25, -0.2) is 0 Å². The van der Waals surface area contributed by atoms with Gasteiger partial charge in [-0.3, -0.25) is 0 Å². The lowest BCUT2D eigenvalue weighted by Gasteiger charge is -2.50. The Morgan fingerprint density at radius 1 is 0.294 bits per heavy atom. The first-order valence-electron chi connectivity index (χ1n) is 17.9. The lowest BCUT2D eigenvalue weighted by Crippen LogP contribution is -2.68. The van der Waals surface area contributed by atoms with Gasteiger partial charge in [0.15, 0.2) is 0 Å². The van der Waals surface area contributed by atoms with Crippen molar-refractivity contribution in [3.63, 3.8) is 0 Å². The molecular weight excluding hydrogens is 616 g/mol. The molecule has 4 heterocycles. The van der Waals surface area contributed by atoms with Crippen LogP contribution in [0.15, 0.2) is 176 Å². The minimum Gasteiger partial charge on any atom is -0.312 e. The van der Waals surface area contributed by atoms with Crippen molar-refractivity contribution in [1.29, 1.82) is 0 Å². The quantitative estimate of drug-likeness (QED) is 0.180. The SMILES string of the molecule is c1ccc(N2c3ccccc3B3c4ccccc4N4c5cccc6c5B(c5ccccc5N6c5cccc6ccccc56)c5ccc2c3c54)cc1. The third kappa shape index (κ3) is 3.50. The summed E-state index contributed by atoms with van der Waals surface area (Å²) in [6.07, 6.45) is 0. The average Bonchev–Trinajstić information content (AvgIpc) is 3.20. The van der Waals surface area contributed by atoms with E-state index in [9.17, 15) is 0 Å². The van der Waals surface area contributed by atoms with Crippen molar-refractivity contribution in [2.45, 2.75) is 0 Å². The van der Waals surface area contributed by atoms with E-state index < -0.39 is 0 Å². The number of para-hydroxylation sites is 4. The van der Waals surface area contributed by atoms with Crippen LogP contribution >= 0.6 is 0 Å². The summed E-state index contributed by atoms with van der Waals surface area (Å²) < 4.78 is 0. The summed E-state index contributed by atoms with van der Waals surface area (Å²) in [7, 11) is 0. The summed E-state index contributed by atoms with van der Waals surface area (Å²) in [4.78, 5) is 7.60. The van der Waals surface area contributed by atoms with Crippen LogP contribution in [0.1, 0.15) is 0 Å². The van der Waals surface area contributed by atoms with Gasteiger partial charge in [-0.15, -0.1) is 0 Å². The van der Waals surface area contributed by atoms with Gasteiger partial charge >= 0.3 is 0 Å². The van der Waals surface area contributed by atoms with Crippen molar-refractivity contribution >= 4 is 108 Å². The van der Waals surface area contributed by atoms with Gasteiger partial charge in [0.25, 0.3) is 13.4 Å². The van der Waals surface area contributed by atoms with Crippen molar-refractivity contribution in [2.75, 3.05) is 14.7 Å². The third-order valence-electron chi connectivity index (χ3n) is 11.6. The number of benzene rings is 8. The summed E-state index contributed by atoms with van der Waals surface area (Å²) in [6.45, 7) is 0.206. The predicted octanol–water partition coefficient (Wildman–Crippen LogP) is 7.54. The molecule has 0 unspecified atom stereocenters. The molecule has 0 bridgehead atoms. The van der Waals surface area contributed by atoms with Crippen LogP contribution in [0.25, 0.3) is 10.8 Å². The molecular formula is C46H29B2N3. The van der Waals surface area contributed by atoms with Crippen LogP contribution in [0.4, 0.5) is 51.2 Å². The second-order valence-electron chi connectivity index (χ2n) is 14.0. The number of rotatable bonds is 2. The van der Waals surface area contributed by atoms with Crippen molar-refractivity contribution in [2.24, 2.45) is 0 Å². The average molecular weight is 645 g/mol. The Morgan fingerprint density at radius 2 is 0.784 bits per heavy atom. The molecule has 4 aliphatic heterocycles. The highest BCUT2D eigenvalue weighted by molar-refractivity contribution is 7.04. The zero-order valence-electron chi connectivity index (χ0n) is 27.7. The zero-order chi connectivity index (χ0) is 33.2. The number of fused-ring (bicyclic) bond motifs is 10. The number of nitrogens with zero attached hydrogens (tertiary/aromatic N) is 3. The van der Waals surface area contributed by atoms with Crippen molar-refractivity contribution < 1.29 is 0 Å². The third-order valence-corrected chi connectivity index (χ3v) is 11.6. The van der Waals surface area contributed by atoms with Crippen LogP contribution in [0.5, 0.6) is 0 Å². The van der Waals surface area contributed by atoms with E-state index in [4.69, 9.17) is 0 Å². The van der Waals surface area contributed by atoms with E-state index in [1.807, 2.05) is 0 Å². The molecule has 234 valence electrons. The van der Waals surface area contributed by atoms with Crippen molar-refractivity contribution in [1.82, 2.24) is 0 Å². The van der Waals surface area contributed by atoms with Crippen LogP contribution in [-0.2, 0) is 0 Å². The summed E-state index contributed by atoms with van der Waals surface area (Å²) in [5.41, 5.74) is 19.4. The number of hydrogen-bond donors (Lipinski definition) is 0. The standard InChI is InChI=1S/C46H29B2N3/c1-2-16-31(17-3-1)49-38-22-9-6-19-33(38)47-35-21-8-11-24-40(35)51-42-27-13-26-41-44(42)48(36-28-29-43(49)45(47)46(36)51)34-20-7-10-23-39(34)50(41)37-25-12-15-30-14-4-5-18-32(30)37/h1-29H. The molecule has 8 aromatic carbocycles. The molecule has 0 saturated heterocycles. The van der Waals surface area contributed by atoms with Gasteiger partial charge in [0.05, 0.1) is 5.69 Å². The minimum absolute atomic E-state index is 0.0865. The van der Waals surface area contributed by atoms with Crippen molar-refractivity contribution in [3.05, 3.63) is 176 Å². The highest BCUT2D eigenvalue weighted by Crippen LogP contribution is 2.48. The fourth-order valence-electron chi connectivity index (χ4n) is 9.71. The Bertz CT molecular complexity index is 2750. The normalized spacial score (nSPS) is 14.1. The van der Waals surface area contributed by atoms with Gasteiger partial charge in [0, 0.05) is 50.9 Å². The molecule has 0 aliphatic carbocycles. The van der Waals surface area contributed by atoms with E-state index in [-0.39, 0.29) is 13.4 Å². The molecule has 0 amide bonds. The Balaban J connectivity index is 1.19. The van der Waals surface area contributed by atoms with Crippen LogP contribution in [-0.4, -0.2) is 13.4 Å². The predicted molar refractivity (Wildman–Crippen MR) is 217 cm³/mol. The van der Waals surface area contributed by atoms with E-state index in [0.29, 0.717) is 0 Å². The van der Waals surface area contributed by atoms with Gasteiger partial charge in [-0.05, 0) is 92.8 Å². The molecule has 0 aromatic heterocycles. The molecule has 4 aliphatic rings. The molecule has 12 rings (SSSR count). The van der Waals surface area contributed by atoms with E-state index in [2.05, 4.69) is 191 Å². The molecule has 3 nitrogen and oxygen atoms in total. The Kier molecular flexibility index (Phi) is 5.40. The van der Waals surface area contributed by atoms with Gasteiger partial charge in [0.1, 0.15) is 0 Å². The monoisotopic (exact) mass is 645 g/mol. The van der Waals surface area contributed by atoms with Gasteiger partial charge < -0.3 is 14.7 Å². The van der Waals surface area contributed by atoms with Crippen LogP contribution in [0.3, 0.4) is 0 Å². The van der Waals surface area contributed by atoms with Gasteiger partial charge in [0.2, 0.25) is 0 Å². The van der Waals surface area contributed by atoms with Gasteiger partial charge in [-0.1, -0.05) is 121 Å². The lowest BCUT2D eigenvalue weighted by molar-refractivity contribution is 1.24. The largest absolute Gasteiger partial charge is 0.312 e. The maximum atomic E-state index is 2.60. The Labute approximate surface area is 297 Å². The topological polar surface area (TPSA) is 9.72 Å². The second kappa shape index (κ2) is 10.1. The van der Waals surface area contributed by atoms with E-state index >= 15 is 0 Å². The highest BCUT2D eigenvalue weighted by Gasteiger charge is 2.50. The first-order chi connectivity index (χ1) is 25.4. The molecule has 51 heavy (non-hydrogen) atoms. The summed E-state index contributed by atoms with van der Waals surface area (Å²) in [6, 6.07) is 65.3. The maximum absolute atomic E-state index is 2.60. The summed E-state index contributed by atoms with van der Waals surface area (Å²) >= 11 is 0. The second-order valence-corrected chi connectivity index (χ2v) is 14.0. The lowest BCUT2D eigenvalue weighted by atomic mass is 9.29. The van der Waals surface area contributed by atoms with E-state index in [1.54, 1.807) is 0 Å². The first kappa shape index (κ1) is 27.4. The maximum Gasteiger partial charge on any atom is 0.252 e. The van der Waals surface area contributed by atoms with E-state index in [0.717, 1.165) is 0 Å². The zero-order valence-corrected chi connectivity index (χ0v) is 27.7. The van der Waals surface area contributed by atoms with Gasteiger partial charge in [-0.2, -0.15) is 0 Å². The highest BCUT2D eigenvalue weighted by atomic mass is 15.2. The van der Waals surface area contributed by atoms with Crippen molar-refractivity contribution in [3.8, 4) is 0 Å². The van der Waals surface area contributed by atoms with E-state index in [1.165, 1.54) is 94.7 Å². The summed E-state index contributed by atoms with van der Waals surface area (Å²) in [5.74, 6) is 0. The first-order valence-corrected chi connectivity index (χ1v) is 17.9. The minimum atomic E-state index is 0.0865. The molecule has 0 radical (unpaired) electrons. The number of anilines is 9. The molecule has 5 heteroatoms. The number of hydrogen-bond acceptors (Lipinski definition) is 3. The fraction of sp³-hybridized carbons (Fsp3) is 0. The van der Waals surface area contributed by atoms with Crippen LogP contribution in [0.2, 0.25) is 0 Å². The fourth-order valence-corrected chi connectivity index (χ4v) is 9.71. The molecule has 0 N–H and O–H groups in total. The molecule has 8 aromatic rings. The van der Waals surface area contributed by atoms with Crippen LogP contribution in [0, 0.1) is 0 Å². The smallest absolute Gasteiger partial charge is 0.252 e. The molecule has 0 saturated carbocycles. The Morgan fingerprint density at radius 3 is 1.53 bits per heavy atom. The molecule has 0 spiro atoms. The molecule has 0 atom stereocenters. The Hall–Kier alpha value is -6.45. The van der Waals surface area contributed by atoms with Crippen LogP contribution < -0.4 is 47.5 Å².